The molecule has 2 amide bonds. The normalized spacial score (nSPS) is 14.5. The van der Waals surface area contributed by atoms with Gasteiger partial charge in [-0.1, -0.05) is 17.4 Å². The summed E-state index contributed by atoms with van der Waals surface area (Å²) in [5.41, 5.74) is 1.18. The molecule has 138 valence electrons. The van der Waals surface area contributed by atoms with Gasteiger partial charge < -0.3 is 14.4 Å². The van der Waals surface area contributed by atoms with Crippen LogP contribution >= 0.6 is 11.3 Å². The molecule has 0 aliphatic carbocycles. The van der Waals surface area contributed by atoms with Crippen molar-refractivity contribution in [1.29, 1.82) is 0 Å². The summed E-state index contributed by atoms with van der Waals surface area (Å²) in [6, 6.07) is 5.62. The van der Waals surface area contributed by atoms with Gasteiger partial charge in [-0.2, -0.15) is 0 Å². The Hall–Kier alpha value is -2.48. The summed E-state index contributed by atoms with van der Waals surface area (Å²) >= 11 is 1.13. The summed E-state index contributed by atoms with van der Waals surface area (Å²) < 4.78 is 14.9. The summed E-state index contributed by atoms with van der Waals surface area (Å²) in [6.45, 7) is 3.93. The maximum atomic E-state index is 13.3. The Morgan fingerprint density at radius 2 is 1.85 bits per heavy atom. The van der Waals surface area contributed by atoms with Gasteiger partial charge in [0.25, 0.3) is 5.91 Å². The van der Waals surface area contributed by atoms with Gasteiger partial charge in [0, 0.05) is 55.8 Å². The number of thiazole rings is 1. The van der Waals surface area contributed by atoms with E-state index in [1.807, 2.05) is 6.92 Å². The Morgan fingerprint density at radius 3 is 2.46 bits per heavy atom. The largest absolute Gasteiger partial charge is 0.339 e. The lowest BCUT2D eigenvalue weighted by Gasteiger charge is -2.35. The van der Waals surface area contributed by atoms with Crippen molar-refractivity contribution in [2.75, 3.05) is 26.2 Å². The van der Waals surface area contributed by atoms with Crippen LogP contribution in [0, 0.1) is 12.7 Å². The molecule has 0 bridgehead atoms. The van der Waals surface area contributed by atoms with Gasteiger partial charge in [0.2, 0.25) is 5.91 Å². The van der Waals surface area contributed by atoms with Gasteiger partial charge in [-0.3, -0.25) is 14.4 Å². The van der Waals surface area contributed by atoms with Crippen LogP contribution in [0.2, 0.25) is 0 Å². The summed E-state index contributed by atoms with van der Waals surface area (Å²) in [4.78, 5) is 39.7. The lowest BCUT2D eigenvalue weighted by atomic mass is 10.1. The average Bonchev–Trinajstić information content (AvgIpc) is 2.97. The number of carbonyl (C=O) groups excluding carboxylic acids is 2. The van der Waals surface area contributed by atoms with Gasteiger partial charge in [-0.25, -0.2) is 4.39 Å². The Bertz CT molecular complexity index is 869. The number of nitrogens with zero attached hydrogens (tertiary/aromatic N) is 3. The first-order chi connectivity index (χ1) is 12.5. The first-order valence-electron chi connectivity index (χ1n) is 8.43. The highest BCUT2D eigenvalue weighted by Gasteiger charge is 2.25. The number of amides is 2. The quantitative estimate of drug-likeness (QED) is 0.815. The average molecular weight is 377 g/mol. The van der Waals surface area contributed by atoms with Crippen molar-refractivity contribution < 1.29 is 14.0 Å². The number of aromatic nitrogens is 1. The maximum absolute atomic E-state index is 13.3. The third-order valence-corrected chi connectivity index (χ3v) is 5.40. The zero-order chi connectivity index (χ0) is 18.7. The standard InChI is InChI=1S/C18H20FN3O3S/c1-13-12-26-18(25)22(13)6-5-16(23)20-7-9-21(10-8-20)17(24)14-3-2-4-15(19)11-14/h2-4,11-12H,5-10H2,1H3. The third kappa shape index (κ3) is 4.01. The van der Waals surface area contributed by atoms with E-state index in [9.17, 15) is 18.8 Å². The molecule has 2 aromatic rings. The molecule has 2 heterocycles. The summed E-state index contributed by atoms with van der Waals surface area (Å²) in [6.07, 6.45) is 0.259. The summed E-state index contributed by atoms with van der Waals surface area (Å²) in [7, 11) is 0. The van der Waals surface area contributed by atoms with E-state index in [4.69, 9.17) is 0 Å². The molecule has 1 aromatic carbocycles. The van der Waals surface area contributed by atoms with Crippen LogP contribution in [0.5, 0.6) is 0 Å². The number of aryl methyl sites for hydroxylation is 1. The van der Waals surface area contributed by atoms with E-state index in [2.05, 4.69) is 0 Å². The van der Waals surface area contributed by atoms with E-state index < -0.39 is 5.82 Å². The Balaban J connectivity index is 1.52. The molecule has 0 spiro atoms. The zero-order valence-corrected chi connectivity index (χ0v) is 15.3. The van der Waals surface area contributed by atoms with Crippen molar-refractivity contribution in [1.82, 2.24) is 14.4 Å². The molecule has 1 aromatic heterocycles. The molecule has 1 fully saturated rings. The minimum atomic E-state index is -0.441. The van der Waals surface area contributed by atoms with Gasteiger partial charge in [0.05, 0.1) is 0 Å². The first kappa shape index (κ1) is 18.3. The number of hydrogen-bond acceptors (Lipinski definition) is 4. The smallest absolute Gasteiger partial charge is 0.307 e. The second-order valence-electron chi connectivity index (χ2n) is 6.23. The Morgan fingerprint density at radius 1 is 1.15 bits per heavy atom. The topological polar surface area (TPSA) is 62.6 Å². The minimum absolute atomic E-state index is 0.0274. The van der Waals surface area contributed by atoms with Crippen LogP contribution in [-0.4, -0.2) is 52.4 Å². The third-order valence-electron chi connectivity index (χ3n) is 4.52. The van der Waals surface area contributed by atoms with E-state index in [1.165, 1.54) is 18.2 Å². The van der Waals surface area contributed by atoms with Gasteiger partial charge in [-0.15, -0.1) is 0 Å². The molecule has 8 heteroatoms. The number of halogens is 1. The van der Waals surface area contributed by atoms with Crippen molar-refractivity contribution in [3.05, 3.63) is 56.4 Å². The predicted octanol–water partition coefficient (Wildman–Crippen LogP) is 1.73. The minimum Gasteiger partial charge on any atom is -0.339 e. The number of carbonyl (C=O) groups is 2. The lowest BCUT2D eigenvalue weighted by Crippen LogP contribution is -2.50. The van der Waals surface area contributed by atoms with E-state index in [0.717, 1.165) is 17.0 Å². The number of hydrogen-bond donors (Lipinski definition) is 0. The molecule has 3 rings (SSSR count). The monoisotopic (exact) mass is 377 g/mol. The fraction of sp³-hybridized carbons (Fsp3) is 0.389. The Kier molecular flexibility index (Phi) is 5.51. The summed E-state index contributed by atoms with van der Waals surface area (Å²) in [5.74, 6) is -0.693. The molecule has 0 unspecified atom stereocenters. The molecule has 0 N–H and O–H groups in total. The van der Waals surface area contributed by atoms with Crippen molar-refractivity contribution >= 4 is 23.2 Å². The van der Waals surface area contributed by atoms with E-state index >= 15 is 0 Å². The van der Waals surface area contributed by atoms with Gasteiger partial charge >= 0.3 is 4.87 Å². The van der Waals surface area contributed by atoms with E-state index in [1.54, 1.807) is 25.8 Å². The fourth-order valence-electron chi connectivity index (χ4n) is 3.00. The molecule has 0 atom stereocenters. The highest BCUT2D eigenvalue weighted by molar-refractivity contribution is 7.07. The predicted molar refractivity (Wildman–Crippen MR) is 96.8 cm³/mol. The van der Waals surface area contributed by atoms with Gasteiger partial charge in [-0.05, 0) is 25.1 Å². The SMILES string of the molecule is Cc1csc(=O)n1CCC(=O)N1CCN(C(=O)c2cccc(F)c2)CC1. The molecule has 0 saturated carbocycles. The molecule has 1 aliphatic rings. The molecule has 1 aliphatic heterocycles. The van der Waals surface area contributed by atoms with Crippen LogP contribution in [-0.2, 0) is 11.3 Å². The zero-order valence-electron chi connectivity index (χ0n) is 14.5. The van der Waals surface area contributed by atoms with Crippen LogP contribution in [0.1, 0.15) is 22.5 Å². The second kappa shape index (κ2) is 7.82. The second-order valence-corrected chi connectivity index (χ2v) is 7.05. The number of benzene rings is 1. The molecular formula is C18H20FN3O3S. The fourth-order valence-corrected chi connectivity index (χ4v) is 3.76. The molecule has 1 saturated heterocycles. The van der Waals surface area contributed by atoms with Crippen molar-refractivity contribution in [3.63, 3.8) is 0 Å². The molecule has 26 heavy (non-hydrogen) atoms. The van der Waals surface area contributed by atoms with Gasteiger partial charge in [0.1, 0.15) is 5.82 Å². The molecule has 0 radical (unpaired) electrons. The Labute approximate surface area is 154 Å². The number of piperazine rings is 1. The maximum Gasteiger partial charge on any atom is 0.307 e. The van der Waals surface area contributed by atoms with E-state index in [-0.39, 0.29) is 23.1 Å². The lowest BCUT2D eigenvalue weighted by molar-refractivity contribution is -0.132. The van der Waals surface area contributed by atoms with Gasteiger partial charge in [0.15, 0.2) is 0 Å². The molecule has 6 nitrogen and oxygen atoms in total. The number of rotatable bonds is 4. The van der Waals surface area contributed by atoms with Crippen LogP contribution in [0.15, 0.2) is 34.4 Å². The molecular weight excluding hydrogens is 357 g/mol. The van der Waals surface area contributed by atoms with Crippen molar-refractivity contribution in [3.8, 4) is 0 Å². The van der Waals surface area contributed by atoms with Crippen LogP contribution in [0.25, 0.3) is 0 Å². The van der Waals surface area contributed by atoms with Crippen LogP contribution < -0.4 is 4.87 Å². The summed E-state index contributed by atoms with van der Waals surface area (Å²) in [5, 5.41) is 1.78. The highest BCUT2D eigenvalue weighted by Crippen LogP contribution is 2.11. The van der Waals surface area contributed by atoms with Crippen molar-refractivity contribution in [2.45, 2.75) is 19.9 Å². The van der Waals surface area contributed by atoms with Crippen LogP contribution in [0.3, 0.4) is 0 Å². The van der Waals surface area contributed by atoms with E-state index in [0.29, 0.717) is 38.3 Å². The highest BCUT2D eigenvalue weighted by atomic mass is 32.1. The van der Waals surface area contributed by atoms with Crippen LogP contribution in [0.4, 0.5) is 4.39 Å². The van der Waals surface area contributed by atoms with Crippen molar-refractivity contribution in [2.24, 2.45) is 0 Å². The first-order valence-corrected chi connectivity index (χ1v) is 9.31.